The molecule has 0 radical (unpaired) electrons. The molecule has 2 rings (SSSR count). The van der Waals surface area contributed by atoms with Gasteiger partial charge in [0, 0.05) is 0 Å². The Morgan fingerprint density at radius 2 is 1.13 bits per heavy atom. The maximum absolute atomic E-state index is 13.1. The highest BCUT2D eigenvalue weighted by atomic mass is 19.4. The van der Waals surface area contributed by atoms with Crippen molar-refractivity contribution in [3.63, 3.8) is 0 Å². The van der Waals surface area contributed by atoms with Gasteiger partial charge in [-0.05, 0) is 0 Å². The number of fused-ring (bicyclic) bond motifs is 1. The van der Waals surface area contributed by atoms with Crippen molar-refractivity contribution in [3.8, 4) is 0 Å². The summed E-state index contributed by atoms with van der Waals surface area (Å²) < 4.78 is 98.9. The molecule has 2 atom stereocenters. The van der Waals surface area contributed by atoms with Gasteiger partial charge >= 0.3 is 6.18 Å². The Morgan fingerprint density at radius 1 is 0.733 bits per heavy atom. The van der Waals surface area contributed by atoms with Crippen LogP contribution in [0.25, 0.3) is 0 Å². The van der Waals surface area contributed by atoms with Gasteiger partial charge < -0.3 is 0 Å². The molecule has 0 N–H and O–H groups in total. The number of allylic oxidation sites excluding steroid dienone is 4. The predicted molar refractivity (Wildman–Crippen MR) is 31.1 cm³/mol. The maximum Gasteiger partial charge on any atom is 0.418 e. The van der Waals surface area contributed by atoms with Crippen molar-refractivity contribution in [2.45, 2.75) is 17.5 Å². The normalized spacial score (nSPS) is 40.0. The number of hydrogen-bond acceptors (Lipinski definition) is 0. The van der Waals surface area contributed by atoms with Crippen molar-refractivity contribution in [3.05, 3.63) is 23.1 Å². The molecule has 0 aromatic heterocycles. The molecular formula is C7F8. The minimum absolute atomic E-state index is 2.48. The summed E-state index contributed by atoms with van der Waals surface area (Å²) in [4.78, 5) is 0. The van der Waals surface area contributed by atoms with Gasteiger partial charge in [0.05, 0.1) is 0 Å². The van der Waals surface area contributed by atoms with E-state index in [4.69, 9.17) is 0 Å². The fourth-order valence-corrected chi connectivity index (χ4v) is 1.65. The minimum Gasteiger partial charge on any atom is -0.226 e. The van der Waals surface area contributed by atoms with Gasteiger partial charge in [0.15, 0.2) is 17.5 Å². The van der Waals surface area contributed by atoms with E-state index in [1.54, 1.807) is 0 Å². The van der Waals surface area contributed by atoms with Gasteiger partial charge in [-0.3, -0.25) is 0 Å². The smallest absolute Gasteiger partial charge is 0.226 e. The first-order valence-corrected chi connectivity index (χ1v) is 3.51. The lowest BCUT2D eigenvalue weighted by Gasteiger charge is -2.52. The van der Waals surface area contributed by atoms with Crippen molar-refractivity contribution in [2.24, 2.45) is 0 Å². The Hall–Kier alpha value is -1.08. The maximum atomic E-state index is 13.1. The molecule has 84 valence electrons. The minimum atomic E-state index is -5.58. The lowest BCUT2D eigenvalue weighted by Crippen LogP contribution is -2.69. The van der Waals surface area contributed by atoms with E-state index in [1.807, 2.05) is 0 Å². The molecule has 0 amide bonds. The van der Waals surface area contributed by atoms with E-state index in [0.717, 1.165) is 0 Å². The summed E-state index contributed by atoms with van der Waals surface area (Å²) in [7, 11) is 0. The van der Waals surface area contributed by atoms with Crippen LogP contribution in [0.1, 0.15) is 0 Å². The van der Waals surface area contributed by atoms with Crippen molar-refractivity contribution >= 4 is 0 Å². The third-order valence-corrected chi connectivity index (χ3v) is 2.42. The van der Waals surface area contributed by atoms with Crippen LogP contribution in [-0.2, 0) is 0 Å². The molecule has 0 nitrogen and oxygen atoms in total. The first-order valence-electron chi connectivity index (χ1n) is 3.51. The van der Waals surface area contributed by atoms with Crippen molar-refractivity contribution in [1.29, 1.82) is 0 Å². The van der Waals surface area contributed by atoms with Crippen molar-refractivity contribution < 1.29 is 35.1 Å². The second-order valence-corrected chi connectivity index (χ2v) is 3.13. The second-order valence-electron chi connectivity index (χ2n) is 3.13. The predicted octanol–water partition coefficient (Wildman–Crippen LogP) is 3.37. The van der Waals surface area contributed by atoms with E-state index in [1.165, 1.54) is 0 Å². The average molecular weight is 236 g/mol. The molecule has 0 heterocycles. The summed E-state index contributed by atoms with van der Waals surface area (Å²) >= 11 is 0. The molecular weight excluding hydrogens is 236 g/mol. The van der Waals surface area contributed by atoms with Crippen LogP contribution in [0, 0.1) is 0 Å². The highest BCUT2D eigenvalue weighted by Gasteiger charge is 2.86. The summed E-state index contributed by atoms with van der Waals surface area (Å²) in [5.41, 5.74) is -11.2. The van der Waals surface area contributed by atoms with Crippen LogP contribution in [-0.4, -0.2) is 17.5 Å². The lowest BCUT2D eigenvalue weighted by atomic mass is 9.58. The third kappa shape index (κ3) is 0.731. The fraction of sp³-hybridized carbons (Fsp3) is 0.429. The zero-order valence-corrected chi connectivity index (χ0v) is 6.52. The second kappa shape index (κ2) is 2.19. The van der Waals surface area contributed by atoms with Crippen LogP contribution in [0.15, 0.2) is 23.1 Å². The summed E-state index contributed by atoms with van der Waals surface area (Å²) in [6, 6.07) is 0. The van der Waals surface area contributed by atoms with Gasteiger partial charge in [-0.15, -0.1) is 0 Å². The van der Waals surface area contributed by atoms with Crippen LogP contribution in [0.2, 0.25) is 0 Å². The summed E-state index contributed by atoms with van der Waals surface area (Å²) in [5, 5.41) is 0. The van der Waals surface area contributed by atoms with Gasteiger partial charge in [0.25, 0.3) is 5.67 Å². The van der Waals surface area contributed by atoms with Crippen LogP contribution in [0.3, 0.4) is 0 Å². The van der Waals surface area contributed by atoms with Crippen LogP contribution < -0.4 is 0 Å². The molecule has 0 spiro atoms. The molecule has 0 aromatic rings. The molecule has 0 aliphatic heterocycles. The van der Waals surface area contributed by atoms with E-state index >= 15 is 0 Å². The summed E-state index contributed by atoms with van der Waals surface area (Å²) in [6.07, 6.45) is -5.58. The standard InChI is InChI=1S/C7F8/c8-2-1(7(13,14)15)5(11)3(9)4(10)6(2,5)12. The number of alkyl halides is 5. The number of rotatable bonds is 0. The molecule has 15 heavy (non-hydrogen) atoms. The highest BCUT2D eigenvalue weighted by molar-refractivity contribution is 5.67. The monoisotopic (exact) mass is 236 g/mol. The Morgan fingerprint density at radius 3 is 1.53 bits per heavy atom. The molecule has 2 unspecified atom stereocenters. The molecule has 2 aliphatic rings. The Kier molecular flexibility index (Phi) is 1.53. The largest absolute Gasteiger partial charge is 0.418 e. The molecule has 0 aromatic carbocycles. The van der Waals surface area contributed by atoms with Gasteiger partial charge in [-0.1, -0.05) is 0 Å². The summed E-state index contributed by atoms with van der Waals surface area (Å²) in [6.45, 7) is 0. The van der Waals surface area contributed by atoms with Crippen molar-refractivity contribution in [2.75, 3.05) is 0 Å². The highest BCUT2D eigenvalue weighted by Crippen LogP contribution is 2.71. The molecule has 0 saturated carbocycles. The van der Waals surface area contributed by atoms with Crippen LogP contribution in [0.5, 0.6) is 0 Å². The summed E-state index contributed by atoms with van der Waals surface area (Å²) in [5.74, 6) is -7.69. The van der Waals surface area contributed by atoms with E-state index < -0.39 is 40.6 Å². The fourth-order valence-electron chi connectivity index (χ4n) is 1.65. The first-order chi connectivity index (χ1) is 6.59. The molecule has 0 fully saturated rings. The third-order valence-electron chi connectivity index (χ3n) is 2.42. The van der Waals surface area contributed by atoms with Crippen molar-refractivity contribution in [1.82, 2.24) is 0 Å². The Balaban J connectivity index is 2.59. The van der Waals surface area contributed by atoms with Gasteiger partial charge in [-0.25, -0.2) is 22.0 Å². The molecule has 8 heteroatoms. The quantitative estimate of drug-likeness (QED) is 0.565. The number of halogens is 8. The topological polar surface area (TPSA) is 0 Å². The zero-order valence-electron chi connectivity index (χ0n) is 6.52. The van der Waals surface area contributed by atoms with Gasteiger partial charge in [0.1, 0.15) is 5.57 Å². The average Bonchev–Trinajstić information content (AvgIpc) is 2.11. The van der Waals surface area contributed by atoms with Crippen LogP contribution in [0.4, 0.5) is 35.1 Å². The van der Waals surface area contributed by atoms with E-state index in [2.05, 4.69) is 0 Å². The Labute approximate surface area is 76.9 Å². The SMILES string of the molecule is FC1=C(F)C2(F)C(C(F)(F)F)=C(F)C12F. The molecule has 0 bridgehead atoms. The number of hydrogen-bond donors (Lipinski definition) is 0. The van der Waals surface area contributed by atoms with Crippen LogP contribution >= 0.6 is 0 Å². The van der Waals surface area contributed by atoms with Gasteiger partial charge in [-0.2, -0.15) is 13.2 Å². The lowest BCUT2D eigenvalue weighted by molar-refractivity contribution is -0.162. The Bertz CT molecular complexity index is 415. The van der Waals surface area contributed by atoms with E-state index in [9.17, 15) is 35.1 Å². The van der Waals surface area contributed by atoms with E-state index in [-0.39, 0.29) is 0 Å². The zero-order chi connectivity index (χ0) is 11.8. The van der Waals surface area contributed by atoms with E-state index in [0.29, 0.717) is 0 Å². The molecule has 2 aliphatic carbocycles. The van der Waals surface area contributed by atoms with Gasteiger partial charge in [0.2, 0.25) is 5.67 Å². The molecule has 0 saturated heterocycles. The first kappa shape index (κ1) is 10.4.